The zero-order valence-corrected chi connectivity index (χ0v) is 20.2. The van der Waals surface area contributed by atoms with Crippen LogP contribution in [0.4, 0.5) is 28.4 Å². The van der Waals surface area contributed by atoms with Gasteiger partial charge in [-0.3, -0.25) is 4.79 Å². The van der Waals surface area contributed by atoms with Crippen LogP contribution in [0, 0.1) is 5.82 Å². The first kappa shape index (κ1) is 24.9. The molecule has 0 bridgehead atoms. The molecule has 37 heavy (non-hydrogen) atoms. The Balaban J connectivity index is 1.36. The average molecular weight is 527 g/mol. The third-order valence-corrected chi connectivity index (χ3v) is 7.11. The molecule has 3 aromatic carbocycles. The van der Waals surface area contributed by atoms with Crippen molar-refractivity contribution in [1.82, 2.24) is 4.98 Å². The van der Waals surface area contributed by atoms with Crippen molar-refractivity contribution in [3.05, 3.63) is 89.2 Å². The summed E-state index contributed by atoms with van der Waals surface area (Å²) < 4.78 is 53.1. The van der Waals surface area contributed by atoms with Gasteiger partial charge in [0.2, 0.25) is 5.91 Å². The van der Waals surface area contributed by atoms with Gasteiger partial charge in [-0.2, -0.15) is 13.2 Å². The molecule has 1 atom stereocenters. The Labute approximate surface area is 214 Å². The highest BCUT2D eigenvalue weighted by Crippen LogP contribution is 2.41. The van der Waals surface area contributed by atoms with Gasteiger partial charge < -0.3 is 16.4 Å². The van der Waals surface area contributed by atoms with Crippen molar-refractivity contribution in [2.75, 3.05) is 17.2 Å². The quantitative estimate of drug-likeness (QED) is 0.254. The van der Waals surface area contributed by atoms with E-state index < -0.39 is 23.6 Å². The average Bonchev–Trinajstić information content (AvgIpc) is 3.45. The van der Waals surface area contributed by atoms with Gasteiger partial charge >= 0.3 is 6.18 Å². The zero-order chi connectivity index (χ0) is 26.2. The van der Waals surface area contributed by atoms with Gasteiger partial charge in [-0.15, -0.1) is 0 Å². The van der Waals surface area contributed by atoms with Crippen LogP contribution in [-0.2, 0) is 23.8 Å². The number of aromatic nitrogens is 1. The molecule has 1 unspecified atom stereocenters. The molecule has 5 rings (SSSR count). The molecule has 0 fully saturated rings. The molecule has 0 aliphatic carbocycles. The first-order valence-corrected chi connectivity index (χ1v) is 12.3. The maximum atomic E-state index is 14.7. The molecule has 5 nitrogen and oxygen atoms in total. The molecular formula is C27H22F4N4OS. The van der Waals surface area contributed by atoms with E-state index in [2.05, 4.69) is 15.6 Å². The maximum Gasteiger partial charge on any atom is 0.416 e. The lowest BCUT2D eigenvalue weighted by molar-refractivity contribution is -0.137. The number of halogens is 4. The van der Waals surface area contributed by atoms with Crippen LogP contribution < -0.4 is 16.4 Å². The highest BCUT2D eigenvalue weighted by Gasteiger charge is 2.30. The second-order valence-electron chi connectivity index (χ2n) is 8.81. The predicted molar refractivity (Wildman–Crippen MR) is 137 cm³/mol. The van der Waals surface area contributed by atoms with E-state index in [4.69, 9.17) is 5.73 Å². The number of fused-ring (bicyclic) bond motifs is 1. The molecule has 0 saturated carbocycles. The number of carbonyl (C=O) groups is 1. The molecule has 2 heterocycles. The summed E-state index contributed by atoms with van der Waals surface area (Å²) in [6.45, 7) is 0.313. The second kappa shape index (κ2) is 9.95. The van der Waals surface area contributed by atoms with Crippen LogP contribution in [-0.4, -0.2) is 23.5 Å². The number of anilines is 2. The Morgan fingerprint density at radius 2 is 1.84 bits per heavy atom. The number of amides is 1. The van der Waals surface area contributed by atoms with Crippen LogP contribution in [0.5, 0.6) is 0 Å². The molecule has 0 radical (unpaired) electrons. The van der Waals surface area contributed by atoms with Crippen molar-refractivity contribution in [3.8, 4) is 21.7 Å². The van der Waals surface area contributed by atoms with Crippen molar-refractivity contribution in [2.24, 2.45) is 5.73 Å². The number of thiazole rings is 1. The highest BCUT2D eigenvalue weighted by atomic mass is 32.1. The molecule has 4 N–H and O–H groups in total. The second-order valence-corrected chi connectivity index (χ2v) is 9.81. The number of benzene rings is 3. The summed E-state index contributed by atoms with van der Waals surface area (Å²) in [6.07, 6.45) is -3.73. The van der Waals surface area contributed by atoms with Crippen LogP contribution >= 0.6 is 11.3 Å². The standard InChI is InChI=1S/C27H22F4N4OS/c28-21-4-2-1-3-20(21)24-25(16-7-10-22-17(12-16)13-23(36)34-22)37-26(35-24)33-14-19(32)11-15-5-8-18(9-6-15)27(29,30)31/h1-10,12,19H,11,13-14,32H2,(H,33,35)(H,34,36). The van der Waals surface area contributed by atoms with Crippen molar-refractivity contribution < 1.29 is 22.4 Å². The van der Waals surface area contributed by atoms with Gasteiger partial charge in [0.1, 0.15) is 5.82 Å². The van der Waals surface area contributed by atoms with E-state index >= 15 is 0 Å². The third kappa shape index (κ3) is 5.50. The number of carbonyl (C=O) groups excluding carboxylic acids is 1. The highest BCUT2D eigenvalue weighted by molar-refractivity contribution is 7.19. The number of hydrogen-bond acceptors (Lipinski definition) is 5. The van der Waals surface area contributed by atoms with Crippen LogP contribution in [0.1, 0.15) is 16.7 Å². The number of nitrogens with one attached hydrogen (secondary N) is 2. The summed E-state index contributed by atoms with van der Waals surface area (Å²) in [7, 11) is 0. The summed E-state index contributed by atoms with van der Waals surface area (Å²) in [5.74, 6) is -0.479. The third-order valence-electron chi connectivity index (χ3n) is 6.04. The maximum absolute atomic E-state index is 14.7. The molecular weight excluding hydrogens is 504 g/mol. The van der Waals surface area contributed by atoms with Gasteiger partial charge in [-0.05, 0) is 59.5 Å². The molecule has 10 heteroatoms. The minimum Gasteiger partial charge on any atom is -0.360 e. The molecule has 1 aliphatic heterocycles. The minimum absolute atomic E-state index is 0.0739. The monoisotopic (exact) mass is 526 g/mol. The number of alkyl halides is 3. The summed E-state index contributed by atoms with van der Waals surface area (Å²) in [5.41, 5.74) is 9.49. The Bertz CT molecular complexity index is 1450. The Morgan fingerprint density at radius 1 is 1.08 bits per heavy atom. The zero-order valence-electron chi connectivity index (χ0n) is 19.4. The van der Waals surface area contributed by atoms with Crippen molar-refractivity contribution in [2.45, 2.75) is 25.1 Å². The van der Waals surface area contributed by atoms with Crippen LogP contribution in [0.2, 0.25) is 0 Å². The van der Waals surface area contributed by atoms with E-state index in [1.165, 1.54) is 29.5 Å². The van der Waals surface area contributed by atoms with Gasteiger partial charge in [-0.1, -0.05) is 41.7 Å². The van der Waals surface area contributed by atoms with Gasteiger partial charge in [0.05, 0.1) is 22.6 Å². The fraction of sp³-hybridized carbons (Fsp3) is 0.185. The lowest BCUT2D eigenvalue weighted by Gasteiger charge is -2.13. The summed E-state index contributed by atoms with van der Waals surface area (Å²) in [5, 5.41) is 6.53. The summed E-state index contributed by atoms with van der Waals surface area (Å²) in [4.78, 5) is 17.2. The number of nitrogens with zero attached hydrogens (tertiary/aromatic N) is 1. The van der Waals surface area contributed by atoms with Crippen LogP contribution in [0.25, 0.3) is 21.7 Å². The lowest BCUT2D eigenvalue weighted by Crippen LogP contribution is -2.31. The van der Waals surface area contributed by atoms with Crippen LogP contribution in [0.3, 0.4) is 0 Å². The van der Waals surface area contributed by atoms with Crippen molar-refractivity contribution in [1.29, 1.82) is 0 Å². The fourth-order valence-electron chi connectivity index (χ4n) is 4.22. The molecule has 1 aliphatic rings. The van der Waals surface area contributed by atoms with Gasteiger partial charge in [0, 0.05) is 23.8 Å². The normalized spacial score (nSPS) is 13.8. The Kier molecular flexibility index (Phi) is 6.70. The van der Waals surface area contributed by atoms with Crippen molar-refractivity contribution in [3.63, 3.8) is 0 Å². The first-order chi connectivity index (χ1) is 17.7. The molecule has 1 amide bonds. The van der Waals surface area contributed by atoms with E-state index in [9.17, 15) is 22.4 Å². The SMILES string of the molecule is NC(CNc1nc(-c2ccccc2F)c(-c2ccc3c(c2)CC(=O)N3)s1)Cc1ccc(C(F)(F)F)cc1. The van der Waals surface area contributed by atoms with E-state index in [1.54, 1.807) is 18.2 Å². The fourth-order valence-corrected chi connectivity index (χ4v) is 5.20. The molecule has 4 aromatic rings. The minimum atomic E-state index is -4.38. The van der Waals surface area contributed by atoms with E-state index in [1.807, 2.05) is 18.2 Å². The molecule has 1 aromatic heterocycles. The van der Waals surface area contributed by atoms with E-state index in [-0.39, 0.29) is 12.3 Å². The van der Waals surface area contributed by atoms with Crippen molar-refractivity contribution >= 4 is 28.1 Å². The Hall–Kier alpha value is -3.76. The summed E-state index contributed by atoms with van der Waals surface area (Å²) >= 11 is 1.34. The van der Waals surface area contributed by atoms with Crippen LogP contribution in [0.15, 0.2) is 66.7 Å². The molecule has 0 saturated heterocycles. The van der Waals surface area contributed by atoms with E-state index in [0.717, 1.165) is 33.8 Å². The number of nitrogens with two attached hydrogens (primary N) is 1. The van der Waals surface area contributed by atoms with E-state index in [0.29, 0.717) is 34.9 Å². The first-order valence-electron chi connectivity index (χ1n) is 11.5. The lowest BCUT2D eigenvalue weighted by atomic mass is 10.0. The molecule has 0 spiro atoms. The summed E-state index contributed by atoms with van der Waals surface area (Å²) in [6, 6.07) is 16.5. The Morgan fingerprint density at radius 3 is 2.57 bits per heavy atom. The van der Waals surface area contributed by atoms with Gasteiger partial charge in [0.25, 0.3) is 0 Å². The smallest absolute Gasteiger partial charge is 0.360 e. The van der Waals surface area contributed by atoms with Gasteiger partial charge in [-0.25, -0.2) is 9.37 Å². The number of hydrogen-bond donors (Lipinski definition) is 3. The topological polar surface area (TPSA) is 80.0 Å². The number of rotatable bonds is 7. The largest absolute Gasteiger partial charge is 0.416 e. The van der Waals surface area contributed by atoms with Gasteiger partial charge in [0.15, 0.2) is 5.13 Å². The molecule has 190 valence electrons. The predicted octanol–water partition coefficient (Wildman–Crippen LogP) is 6.11.